The largest absolute Gasteiger partial charge is 0.505 e. The van der Waals surface area contributed by atoms with Gasteiger partial charge in [-0.05, 0) is 6.07 Å². The Balaban J connectivity index is 3.47. The number of pyridine rings is 1. The zero-order chi connectivity index (χ0) is 11.6. The first-order chi connectivity index (χ1) is 6.97. The molecule has 1 rings (SSSR count). The molecule has 0 aliphatic heterocycles. The van der Waals surface area contributed by atoms with Gasteiger partial charge in [0.25, 0.3) is 6.43 Å². The van der Waals surface area contributed by atoms with Crippen LogP contribution >= 0.6 is 0 Å². The third-order valence-electron chi connectivity index (χ3n) is 1.57. The summed E-state index contributed by atoms with van der Waals surface area (Å²) in [6.45, 7) is 0. The fraction of sp³-hybridized carbons (Fsp3) is 0.125. The molecule has 0 bridgehead atoms. The number of hydrogen-bond donors (Lipinski definition) is 2. The highest BCUT2D eigenvalue weighted by molar-refractivity contribution is 5.86. The Labute approximate surface area is 82.2 Å². The molecule has 1 heterocycles. The minimum Gasteiger partial charge on any atom is -0.505 e. The van der Waals surface area contributed by atoms with Crippen LogP contribution in [0.25, 0.3) is 0 Å². The van der Waals surface area contributed by atoms with E-state index in [1.54, 1.807) is 0 Å². The number of nitriles is 1. The minimum absolute atomic E-state index is 0.544. The van der Waals surface area contributed by atoms with Gasteiger partial charge in [-0.3, -0.25) is 0 Å². The van der Waals surface area contributed by atoms with Gasteiger partial charge in [-0.2, -0.15) is 5.26 Å². The first-order valence-electron chi connectivity index (χ1n) is 3.62. The van der Waals surface area contributed by atoms with Crippen molar-refractivity contribution in [3.05, 3.63) is 23.0 Å². The van der Waals surface area contributed by atoms with E-state index in [1.165, 1.54) is 6.07 Å². The van der Waals surface area contributed by atoms with Crippen LogP contribution in [0.4, 0.5) is 8.78 Å². The molecule has 0 fully saturated rings. The number of aromatic hydroxyl groups is 1. The molecule has 1 aromatic heterocycles. The monoisotopic (exact) mass is 214 g/mol. The molecule has 0 unspecified atom stereocenters. The molecule has 2 N–H and O–H groups in total. The number of aromatic carboxylic acids is 1. The second-order valence-corrected chi connectivity index (χ2v) is 2.51. The Morgan fingerprint density at radius 1 is 1.60 bits per heavy atom. The number of alkyl halides is 2. The van der Waals surface area contributed by atoms with Crippen LogP contribution < -0.4 is 0 Å². The van der Waals surface area contributed by atoms with Gasteiger partial charge in [-0.15, -0.1) is 0 Å². The highest BCUT2D eigenvalue weighted by Crippen LogP contribution is 2.29. The molecule has 15 heavy (non-hydrogen) atoms. The van der Waals surface area contributed by atoms with Crippen molar-refractivity contribution in [1.29, 1.82) is 5.26 Å². The summed E-state index contributed by atoms with van der Waals surface area (Å²) in [6, 6.07) is 2.12. The molecule has 0 aliphatic carbocycles. The quantitative estimate of drug-likeness (QED) is 0.773. The first kappa shape index (κ1) is 10.8. The lowest BCUT2D eigenvalue weighted by Crippen LogP contribution is -2.05. The lowest BCUT2D eigenvalue weighted by molar-refractivity contribution is 0.0688. The topological polar surface area (TPSA) is 94.2 Å². The molecule has 0 saturated heterocycles. The van der Waals surface area contributed by atoms with Crippen LogP contribution in [0.1, 0.15) is 28.2 Å². The van der Waals surface area contributed by atoms with Crippen molar-refractivity contribution < 1.29 is 23.8 Å². The average Bonchev–Trinajstić information content (AvgIpc) is 2.17. The lowest BCUT2D eigenvalue weighted by Gasteiger charge is -2.05. The van der Waals surface area contributed by atoms with E-state index in [4.69, 9.17) is 15.5 Å². The fourth-order valence-electron chi connectivity index (χ4n) is 0.905. The number of aromatic nitrogens is 1. The second kappa shape index (κ2) is 3.88. The molecule has 0 radical (unpaired) electrons. The highest BCUT2D eigenvalue weighted by Gasteiger charge is 2.21. The van der Waals surface area contributed by atoms with E-state index in [0.29, 0.717) is 0 Å². The molecule has 5 nitrogen and oxygen atoms in total. The number of nitrogens with zero attached hydrogens (tertiary/aromatic N) is 2. The summed E-state index contributed by atoms with van der Waals surface area (Å²) < 4.78 is 24.5. The van der Waals surface area contributed by atoms with Crippen molar-refractivity contribution in [3.63, 3.8) is 0 Å². The second-order valence-electron chi connectivity index (χ2n) is 2.51. The van der Waals surface area contributed by atoms with Crippen LogP contribution in [-0.2, 0) is 0 Å². The molecule has 0 aliphatic rings. The van der Waals surface area contributed by atoms with Crippen LogP contribution in [-0.4, -0.2) is 21.2 Å². The van der Waals surface area contributed by atoms with E-state index >= 15 is 0 Å². The molecule has 1 aromatic rings. The van der Waals surface area contributed by atoms with Gasteiger partial charge in [0.1, 0.15) is 11.8 Å². The summed E-state index contributed by atoms with van der Waals surface area (Å²) in [5, 5.41) is 26.1. The van der Waals surface area contributed by atoms with Gasteiger partial charge in [-0.1, -0.05) is 0 Å². The smallest absolute Gasteiger partial charge is 0.354 e. The van der Waals surface area contributed by atoms with Crippen LogP contribution in [0.15, 0.2) is 6.07 Å². The van der Waals surface area contributed by atoms with Crippen molar-refractivity contribution in [3.8, 4) is 11.8 Å². The molecular weight excluding hydrogens is 210 g/mol. The van der Waals surface area contributed by atoms with Crippen molar-refractivity contribution >= 4 is 5.97 Å². The predicted molar refractivity (Wildman–Crippen MR) is 42.5 cm³/mol. The number of hydrogen-bond acceptors (Lipinski definition) is 4. The highest BCUT2D eigenvalue weighted by atomic mass is 19.3. The zero-order valence-corrected chi connectivity index (χ0v) is 7.11. The summed E-state index contributed by atoms with van der Waals surface area (Å²) in [5.74, 6) is -2.54. The zero-order valence-electron chi connectivity index (χ0n) is 7.11. The normalized spacial score (nSPS) is 10.0. The van der Waals surface area contributed by atoms with Gasteiger partial charge in [0.05, 0.1) is 5.56 Å². The van der Waals surface area contributed by atoms with E-state index in [1.807, 2.05) is 0 Å². The number of halogens is 2. The number of carboxylic acid groups (broad SMARTS) is 1. The standard InChI is InChI=1S/C8H4F2N2O3/c9-7(10)5-6(13)3(2-11)1-4(12-5)8(14)15/h1,7,13H,(H,14,15). The van der Waals surface area contributed by atoms with Crippen LogP contribution in [0.5, 0.6) is 5.75 Å². The summed E-state index contributed by atoms with van der Waals surface area (Å²) in [5.41, 5.74) is -2.36. The van der Waals surface area contributed by atoms with Gasteiger partial charge in [0, 0.05) is 0 Å². The third-order valence-corrected chi connectivity index (χ3v) is 1.57. The average molecular weight is 214 g/mol. The molecular formula is C8H4F2N2O3. The number of rotatable bonds is 2. The number of carbonyl (C=O) groups is 1. The van der Waals surface area contributed by atoms with Gasteiger partial charge in [-0.25, -0.2) is 18.6 Å². The maximum absolute atomic E-state index is 12.3. The van der Waals surface area contributed by atoms with E-state index in [2.05, 4.69) is 4.98 Å². The summed E-state index contributed by atoms with van der Waals surface area (Å²) in [7, 11) is 0. The maximum Gasteiger partial charge on any atom is 0.354 e. The Hall–Kier alpha value is -2.23. The van der Waals surface area contributed by atoms with Crippen LogP contribution in [0.2, 0.25) is 0 Å². The van der Waals surface area contributed by atoms with Crippen molar-refractivity contribution in [1.82, 2.24) is 4.98 Å². The third kappa shape index (κ3) is 1.99. The van der Waals surface area contributed by atoms with E-state index in [0.717, 1.165) is 6.07 Å². The van der Waals surface area contributed by atoms with Gasteiger partial charge in [0.15, 0.2) is 11.4 Å². The van der Waals surface area contributed by atoms with Crippen LogP contribution in [0.3, 0.4) is 0 Å². The molecule has 0 spiro atoms. The lowest BCUT2D eigenvalue weighted by atomic mass is 10.2. The molecule has 0 aromatic carbocycles. The Bertz CT molecular complexity index is 454. The Morgan fingerprint density at radius 3 is 2.60 bits per heavy atom. The van der Waals surface area contributed by atoms with E-state index in [9.17, 15) is 13.6 Å². The molecule has 0 atom stereocenters. The maximum atomic E-state index is 12.3. The van der Waals surface area contributed by atoms with Crippen molar-refractivity contribution in [2.75, 3.05) is 0 Å². The van der Waals surface area contributed by atoms with Crippen molar-refractivity contribution in [2.45, 2.75) is 6.43 Å². The predicted octanol–water partition coefficient (Wildman–Crippen LogP) is 1.29. The molecule has 0 saturated carbocycles. The van der Waals surface area contributed by atoms with Crippen LogP contribution in [0, 0.1) is 11.3 Å². The van der Waals surface area contributed by atoms with Gasteiger partial charge >= 0.3 is 5.97 Å². The fourth-order valence-corrected chi connectivity index (χ4v) is 0.905. The Kier molecular flexibility index (Phi) is 2.80. The van der Waals surface area contributed by atoms with Gasteiger partial charge < -0.3 is 10.2 Å². The minimum atomic E-state index is -3.14. The summed E-state index contributed by atoms with van der Waals surface area (Å²) >= 11 is 0. The molecule has 78 valence electrons. The first-order valence-corrected chi connectivity index (χ1v) is 3.62. The molecule has 0 amide bonds. The van der Waals surface area contributed by atoms with E-state index in [-0.39, 0.29) is 0 Å². The van der Waals surface area contributed by atoms with Gasteiger partial charge in [0.2, 0.25) is 0 Å². The van der Waals surface area contributed by atoms with E-state index < -0.39 is 35.1 Å². The summed E-state index contributed by atoms with van der Waals surface area (Å²) in [4.78, 5) is 13.5. The SMILES string of the molecule is N#Cc1cc(C(=O)O)nc(C(F)F)c1O. The summed E-state index contributed by atoms with van der Waals surface area (Å²) in [6.07, 6.45) is -3.14. The van der Waals surface area contributed by atoms with Crippen molar-refractivity contribution in [2.24, 2.45) is 0 Å². The Morgan fingerprint density at radius 2 is 2.20 bits per heavy atom. The number of carboxylic acids is 1. The molecule has 7 heteroatoms.